The standard InChI is InChI=1S/C18H26ClN3O2/c1-4-22(5-2)18(24)16-11-15(12-21(16)3)20-17(23)10-13-6-8-14(19)9-7-13/h6-9,15-16H,4-5,10-12H2,1-3H3,(H,20,23)/t15-,16+/m1/s1. The first-order valence-electron chi connectivity index (χ1n) is 8.47. The van der Waals surface area contributed by atoms with Gasteiger partial charge < -0.3 is 10.2 Å². The van der Waals surface area contributed by atoms with Gasteiger partial charge in [0.2, 0.25) is 11.8 Å². The number of likely N-dealkylation sites (tertiary alicyclic amines) is 1. The van der Waals surface area contributed by atoms with Gasteiger partial charge in [-0.25, -0.2) is 0 Å². The third-order valence-corrected chi connectivity index (χ3v) is 4.80. The maximum Gasteiger partial charge on any atom is 0.239 e. The zero-order valence-corrected chi connectivity index (χ0v) is 15.3. The molecule has 2 amide bonds. The smallest absolute Gasteiger partial charge is 0.239 e. The molecule has 1 aromatic carbocycles. The molecule has 0 unspecified atom stereocenters. The Balaban J connectivity index is 1.88. The Morgan fingerprint density at radius 3 is 2.46 bits per heavy atom. The minimum atomic E-state index is -0.147. The molecule has 132 valence electrons. The number of benzene rings is 1. The van der Waals surface area contributed by atoms with Crippen molar-refractivity contribution in [2.75, 3.05) is 26.7 Å². The average molecular weight is 352 g/mol. The van der Waals surface area contributed by atoms with Crippen molar-refractivity contribution in [3.05, 3.63) is 34.9 Å². The molecular formula is C18H26ClN3O2. The van der Waals surface area contributed by atoms with Crippen LogP contribution in [0.1, 0.15) is 25.8 Å². The van der Waals surface area contributed by atoms with Crippen LogP contribution in [-0.4, -0.2) is 60.4 Å². The lowest BCUT2D eigenvalue weighted by Crippen LogP contribution is -2.44. The molecule has 1 aliphatic rings. The third-order valence-electron chi connectivity index (χ3n) is 4.55. The van der Waals surface area contributed by atoms with Crippen LogP contribution in [0.5, 0.6) is 0 Å². The molecule has 1 heterocycles. The van der Waals surface area contributed by atoms with Crippen LogP contribution in [-0.2, 0) is 16.0 Å². The zero-order valence-electron chi connectivity index (χ0n) is 14.6. The van der Waals surface area contributed by atoms with Gasteiger partial charge in [-0.3, -0.25) is 14.5 Å². The second-order valence-electron chi connectivity index (χ2n) is 6.27. The highest BCUT2D eigenvalue weighted by Gasteiger charge is 2.36. The molecule has 1 aliphatic heterocycles. The topological polar surface area (TPSA) is 52.7 Å². The largest absolute Gasteiger partial charge is 0.352 e. The fourth-order valence-electron chi connectivity index (χ4n) is 3.21. The van der Waals surface area contributed by atoms with E-state index in [4.69, 9.17) is 11.6 Å². The first-order chi connectivity index (χ1) is 11.4. The van der Waals surface area contributed by atoms with Crippen LogP contribution in [0.2, 0.25) is 5.02 Å². The molecule has 1 aromatic rings. The number of nitrogens with zero attached hydrogens (tertiary/aromatic N) is 2. The minimum Gasteiger partial charge on any atom is -0.352 e. The van der Waals surface area contributed by atoms with Gasteiger partial charge in [0.15, 0.2) is 0 Å². The van der Waals surface area contributed by atoms with Crippen LogP contribution in [0.15, 0.2) is 24.3 Å². The number of nitrogens with one attached hydrogen (secondary N) is 1. The SMILES string of the molecule is CCN(CC)C(=O)[C@@H]1C[C@@H](NC(=O)Cc2ccc(Cl)cc2)CN1C. The Morgan fingerprint density at radius 1 is 1.25 bits per heavy atom. The fraction of sp³-hybridized carbons (Fsp3) is 0.556. The van der Waals surface area contributed by atoms with Gasteiger partial charge in [0.25, 0.3) is 0 Å². The summed E-state index contributed by atoms with van der Waals surface area (Å²) in [5, 5.41) is 3.71. The van der Waals surface area contributed by atoms with E-state index in [9.17, 15) is 9.59 Å². The van der Waals surface area contributed by atoms with Crippen LogP contribution in [0.3, 0.4) is 0 Å². The second kappa shape index (κ2) is 8.49. The summed E-state index contributed by atoms with van der Waals surface area (Å²) in [6, 6.07) is 7.15. The summed E-state index contributed by atoms with van der Waals surface area (Å²) in [6.45, 7) is 6.11. The normalized spacial score (nSPS) is 20.8. The second-order valence-corrected chi connectivity index (χ2v) is 6.71. The summed E-state index contributed by atoms with van der Waals surface area (Å²) in [6.07, 6.45) is 0.990. The molecule has 0 radical (unpaired) electrons. The Labute approximate surface area is 149 Å². The highest BCUT2D eigenvalue weighted by atomic mass is 35.5. The van der Waals surface area contributed by atoms with E-state index in [1.54, 1.807) is 12.1 Å². The Morgan fingerprint density at radius 2 is 1.88 bits per heavy atom. The van der Waals surface area contributed by atoms with Gasteiger partial charge in [-0.15, -0.1) is 0 Å². The average Bonchev–Trinajstić information content (AvgIpc) is 2.91. The highest BCUT2D eigenvalue weighted by molar-refractivity contribution is 6.30. The molecule has 0 saturated carbocycles. The maximum absolute atomic E-state index is 12.5. The van der Waals surface area contributed by atoms with Gasteiger partial charge in [-0.1, -0.05) is 23.7 Å². The summed E-state index contributed by atoms with van der Waals surface area (Å²) in [7, 11) is 1.94. The van der Waals surface area contributed by atoms with Crippen LogP contribution >= 0.6 is 11.6 Å². The molecule has 24 heavy (non-hydrogen) atoms. The van der Waals surface area contributed by atoms with Crippen molar-refractivity contribution in [2.24, 2.45) is 0 Å². The first kappa shape index (κ1) is 18.7. The van der Waals surface area contributed by atoms with E-state index in [2.05, 4.69) is 5.32 Å². The van der Waals surface area contributed by atoms with Gasteiger partial charge in [0.1, 0.15) is 0 Å². The zero-order chi connectivity index (χ0) is 17.7. The van der Waals surface area contributed by atoms with Gasteiger partial charge in [0, 0.05) is 30.7 Å². The van der Waals surface area contributed by atoms with Crippen molar-refractivity contribution < 1.29 is 9.59 Å². The first-order valence-corrected chi connectivity index (χ1v) is 8.85. The summed E-state index contributed by atoms with van der Waals surface area (Å²) in [5.74, 6) is 0.128. The van der Waals surface area contributed by atoms with E-state index in [0.717, 1.165) is 5.56 Å². The number of hydrogen-bond donors (Lipinski definition) is 1. The predicted molar refractivity (Wildman–Crippen MR) is 96.0 cm³/mol. The number of carbonyl (C=O) groups excluding carboxylic acids is 2. The molecule has 5 nitrogen and oxygen atoms in total. The molecule has 6 heteroatoms. The van der Waals surface area contributed by atoms with Crippen molar-refractivity contribution in [3.63, 3.8) is 0 Å². The number of hydrogen-bond acceptors (Lipinski definition) is 3. The molecule has 0 bridgehead atoms. The lowest BCUT2D eigenvalue weighted by atomic mass is 10.1. The number of rotatable bonds is 6. The van der Waals surface area contributed by atoms with Crippen molar-refractivity contribution in [1.29, 1.82) is 0 Å². The van der Waals surface area contributed by atoms with Crippen LogP contribution in [0.25, 0.3) is 0 Å². The minimum absolute atomic E-state index is 0.0133. The van der Waals surface area contributed by atoms with Gasteiger partial charge >= 0.3 is 0 Å². The van der Waals surface area contributed by atoms with Crippen LogP contribution < -0.4 is 5.32 Å². The monoisotopic (exact) mass is 351 g/mol. The molecule has 0 spiro atoms. The highest BCUT2D eigenvalue weighted by Crippen LogP contribution is 2.18. The molecular weight excluding hydrogens is 326 g/mol. The van der Waals surface area contributed by atoms with Gasteiger partial charge in [-0.2, -0.15) is 0 Å². The Hall–Kier alpha value is -1.59. The van der Waals surface area contributed by atoms with Crippen molar-refractivity contribution in [2.45, 2.75) is 38.8 Å². The Bertz CT molecular complexity index is 572. The predicted octanol–water partition coefficient (Wildman–Crippen LogP) is 1.94. The fourth-order valence-corrected chi connectivity index (χ4v) is 3.33. The summed E-state index contributed by atoms with van der Waals surface area (Å²) < 4.78 is 0. The van der Waals surface area contributed by atoms with Crippen molar-refractivity contribution in [1.82, 2.24) is 15.1 Å². The molecule has 1 fully saturated rings. The molecule has 0 aromatic heterocycles. The molecule has 0 aliphatic carbocycles. The lowest BCUT2D eigenvalue weighted by molar-refractivity contribution is -0.135. The molecule has 2 atom stereocenters. The molecule has 1 saturated heterocycles. The number of amides is 2. The van der Waals surface area contributed by atoms with E-state index < -0.39 is 0 Å². The third kappa shape index (κ3) is 4.71. The van der Waals surface area contributed by atoms with Gasteiger partial charge in [-0.05, 0) is 45.0 Å². The maximum atomic E-state index is 12.5. The van der Waals surface area contributed by atoms with E-state index in [0.29, 0.717) is 37.5 Å². The van der Waals surface area contributed by atoms with Gasteiger partial charge in [0.05, 0.1) is 12.5 Å². The van der Waals surface area contributed by atoms with E-state index in [1.165, 1.54) is 0 Å². The van der Waals surface area contributed by atoms with Crippen molar-refractivity contribution >= 4 is 23.4 Å². The molecule has 2 rings (SSSR count). The lowest BCUT2D eigenvalue weighted by Gasteiger charge is -2.26. The molecule has 1 N–H and O–H groups in total. The van der Waals surface area contributed by atoms with Crippen molar-refractivity contribution in [3.8, 4) is 0 Å². The van der Waals surface area contributed by atoms with E-state index in [1.807, 2.05) is 42.8 Å². The summed E-state index contributed by atoms with van der Waals surface area (Å²) >= 11 is 5.85. The van der Waals surface area contributed by atoms with E-state index in [-0.39, 0.29) is 23.9 Å². The number of likely N-dealkylation sites (N-methyl/N-ethyl adjacent to an activating group) is 2. The number of halogens is 1. The van der Waals surface area contributed by atoms with E-state index >= 15 is 0 Å². The van der Waals surface area contributed by atoms with Crippen LogP contribution in [0, 0.1) is 0 Å². The van der Waals surface area contributed by atoms with Crippen LogP contribution in [0.4, 0.5) is 0 Å². The summed E-state index contributed by atoms with van der Waals surface area (Å²) in [5.41, 5.74) is 0.930. The summed E-state index contributed by atoms with van der Waals surface area (Å²) in [4.78, 5) is 28.6. The quantitative estimate of drug-likeness (QED) is 0.852. The number of carbonyl (C=O) groups is 2. The Kier molecular flexibility index (Phi) is 6.63.